The van der Waals surface area contributed by atoms with Crippen molar-refractivity contribution in [3.8, 4) is 0 Å². The maximum Gasteiger partial charge on any atom is 0.225 e. The molecule has 1 aromatic carbocycles. The van der Waals surface area contributed by atoms with Gasteiger partial charge in [0.25, 0.3) is 0 Å². The number of aryl methyl sites for hydroxylation is 1. The fraction of sp³-hybridized carbons (Fsp3) is 0.350. The Morgan fingerprint density at radius 3 is 2.76 bits per heavy atom. The molecule has 2 heterocycles. The molecule has 1 N–H and O–H groups in total. The van der Waals surface area contributed by atoms with Gasteiger partial charge in [0.2, 0.25) is 11.8 Å². The number of hydrogen-bond donors (Lipinski definition) is 1. The summed E-state index contributed by atoms with van der Waals surface area (Å²) in [7, 11) is 0. The van der Waals surface area contributed by atoms with Crippen molar-refractivity contribution in [1.82, 2.24) is 15.2 Å². The van der Waals surface area contributed by atoms with Crippen molar-refractivity contribution in [3.05, 3.63) is 65.5 Å². The highest BCUT2D eigenvalue weighted by Gasteiger charge is 2.33. The lowest BCUT2D eigenvalue weighted by Gasteiger charge is -2.16. The zero-order valence-corrected chi connectivity index (χ0v) is 14.4. The molecule has 25 heavy (non-hydrogen) atoms. The molecule has 5 nitrogen and oxygen atoms in total. The van der Waals surface area contributed by atoms with E-state index >= 15 is 0 Å². The van der Waals surface area contributed by atoms with Crippen molar-refractivity contribution < 1.29 is 9.59 Å². The summed E-state index contributed by atoms with van der Waals surface area (Å²) in [4.78, 5) is 30.7. The predicted octanol–water partition coefficient (Wildman–Crippen LogP) is 2.10. The highest BCUT2D eigenvalue weighted by molar-refractivity contribution is 5.89. The molecule has 1 aliphatic heterocycles. The summed E-state index contributed by atoms with van der Waals surface area (Å²) >= 11 is 0. The Balaban J connectivity index is 1.47. The summed E-state index contributed by atoms with van der Waals surface area (Å²) in [6.45, 7) is 3.55. The van der Waals surface area contributed by atoms with Crippen molar-refractivity contribution >= 4 is 11.8 Å². The van der Waals surface area contributed by atoms with Crippen LogP contribution in [0.25, 0.3) is 0 Å². The molecular weight excluding hydrogens is 314 g/mol. The van der Waals surface area contributed by atoms with E-state index in [-0.39, 0.29) is 17.7 Å². The van der Waals surface area contributed by atoms with Gasteiger partial charge in [0.1, 0.15) is 0 Å². The van der Waals surface area contributed by atoms with E-state index in [1.807, 2.05) is 55.5 Å². The SMILES string of the molecule is Cc1cccc(CCNC(=O)[C@@H]2CC(=O)N(Cc3ccccc3)C2)n1. The summed E-state index contributed by atoms with van der Waals surface area (Å²) < 4.78 is 0. The molecule has 5 heteroatoms. The van der Waals surface area contributed by atoms with Crippen LogP contribution >= 0.6 is 0 Å². The molecule has 2 amide bonds. The molecule has 1 aromatic heterocycles. The molecule has 2 aromatic rings. The minimum Gasteiger partial charge on any atom is -0.355 e. The van der Waals surface area contributed by atoms with Crippen LogP contribution in [-0.4, -0.2) is 34.8 Å². The third-order valence-electron chi connectivity index (χ3n) is 4.43. The summed E-state index contributed by atoms with van der Waals surface area (Å²) in [6, 6.07) is 15.7. The van der Waals surface area contributed by atoms with Crippen LogP contribution in [0, 0.1) is 12.8 Å². The number of rotatable bonds is 6. The van der Waals surface area contributed by atoms with E-state index in [4.69, 9.17) is 0 Å². The van der Waals surface area contributed by atoms with Gasteiger partial charge in [-0.2, -0.15) is 0 Å². The van der Waals surface area contributed by atoms with E-state index < -0.39 is 0 Å². The van der Waals surface area contributed by atoms with Crippen molar-refractivity contribution in [2.24, 2.45) is 5.92 Å². The van der Waals surface area contributed by atoms with Crippen LogP contribution in [0.1, 0.15) is 23.4 Å². The van der Waals surface area contributed by atoms with Gasteiger partial charge in [-0.1, -0.05) is 36.4 Å². The average Bonchev–Trinajstić information content (AvgIpc) is 2.97. The van der Waals surface area contributed by atoms with E-state index in [1.54, 1.807) is 4.90 Å². The molecule has 1 saturated heterocycles. The van der Waals surface area contributed by atoms with E-state index in [0.29, 0.717) is 32.5 Å². The summed E-state index contributed by atoms with van der Waals surface area (Å²) in [5, 5.41) is 2.94. The fourth-order valence-electron chi connectivity index (χ4n) is 3.10. The molecule has 0 spiro atoms. The number of hydrogen-bond acceptors (Lipinski definition) is 3. The number of pyridine rings is 1. The zero-order valence-electron chi connectivity index (χ0n) is 14.4. The van der Waals surface area contributed by atoms with Crippen LogP contribution in [0.2, 0.25) is 0 Å². The Kier molecular flexibility index (Phi) is 5.43. The molecule has 0 saturated carbocycles. The largest absolute Gasteiger partial charge is 0.355 e. The molecule has 0 bridgehead atoms. The van der Waals surface area contributed by atoms with Crippen molar-refractivity contribution in [1.29, 1.82) is 0 Å². The first-order valence-electron chi connectivity index (χ1n) is 8.64. The Morgan fingerprint density at radius 2 is 2.00 bits per heavy atom. The molecule has 0 unspecified atom stereocenters. The monoisotopic (exact) mass is 337 g/mol. The van der Waals surface area contributed by atoms with E-state index in [9.17, 15) is 9.59 Å². The molecule has 130 valence electrons. The number of carbonyl (C=O) groups excluding carboxylic acids is 2. The second-order valence-electron chi connectivity index (χ2n) is 6.47. The lowest BCUT2D eigenvalue weighted by Crippen LogP contribution is -2.34. The van der Waals surface area contributed by atoms with Crippen LogP contribution in [-0.2, 0) is 22.6 Å². The van der Waals surface area contributed by atoms with Gasteiger partial charge >= 0.3 is 0 Å². The molecule has 3 rings (SSSR count). The van der Waals surface area contributed by atoms with Crippen LogP contribution in [0.15, 0.2) is 48.5 Å². The zero-order chi connectivity index (χ0) is 17.6. The number of likely N-dealkylation sites (tertiary alicyclic amines) is 1. The summed E-state index contributed by atoms with van der Waals surface area (Å²) in [5.74, 6) is -0.261. The minimum atomic E-state index is -0.262. The van der Waals surface area contributed by atoms with Gasteiger partial charge in [-0.15, -0.1) is 0 Å². The number of benzene rings is 1. The third kappa shape index (κ3) is 4.66. The Bertz CT molecular complexity index is 746. The van der Waals surface area contributed by atoms with Crippen molar-refractivity contribution in [3.63, 3.8) is 0 Å². The number of nitrogens with zero attached hydrogens (tertiary/aromatic N) is 2. The molecule has 1 atom stereocenters. The Hall–Kier alpha value is -2.69. The van der Waals surface area contributed by atoms with Gasteiger partial charge < -0.3 is 10.2 Å². The van der Waals surface area contributed by atoms with Gasteiger partial charge in [-0.3, -0.25) is 14.6 Å². The highest BCUT2D eigenvalue weighted by atomic mass is 16.2. The van der Waals surface area contributed by atoms with E-state index in [2.05, 4.69) is 10.3 Å². The maximum absolute atomic E-state index is 12.3. The van der Waals surface area contributed by atoms with Crippen molar-refractivity contribution in [2.75, 3.05) is 13.1 Å². The number of carbonyl (C=O) groups is 2. The van der Waals surface area contributed by atoms with Gasteiger partial charge in [-0.05, 0) is 24.6 Å². The molecule has 0 aliphatic carbocycles. The summed E-state index contributed by atoms with van der Waals surface area (Å²) in [6.07, 6.45) is 0.989. The quantitative estimate of drug-likeness (QED) is 0.878. The second kappa shape index (κ2) is 7.92. The normalized spacial score (nSPS) is 16.9. The predicted molar refractivity (Wildman–Crippen MR) is 95.7 cm³/mol. The number of nitrogens with one attached hydrogen (secondary N) is 1. The Morgan fingerprint density at radius 1 is 1.20 bits per heavy atom. The van der Waals surface area contributed by atoms with Gasteiger partial charge in [0, 0.05) is 43.9 Å². The lowest BCUT2D eigenvalue weighted by molar-refractivity contribution is -0.129. The second-order valence-corrected chi connectivity index (χ2v) is 6.47. The van der Waals surface area contributed by atoms with Crippen LogP contribution in [0.3, 0.4) is 0 Å². The lowest BCUT2D eigenvalue weighted by atomic mass is 10.1. The highest BCUT2D eigenvalue weighted by Crippen LogP contribution is 2.20. The first-order valence-corrected chi connectivity index (χ1v) is 8.64. The van der Waals surface area contributed by atoms with Gasteiger partial charge in [0.05, 0.1) is 5.92 Å². The first kappa shape index (κ1) is 17.1. The van der Waals surface area contributed by atoms with Crippen LogP contribution in [0.5, 0.6) is 0 Å². The number of amides is 2. The number of aromatic nitrogens is 1. The minimum absolute atomic E-state index is 0.0448. The first-order chi connectivity index (χ1) is 12.1. The van der Waals surface area contributed by atoms with Crippen LogP contribution < -0.4 is 5.32 Å². The summed E-state index contributed by atoms with van der Waals surface area (Å²) in [5.41, 5.74) is 3.03. The average molecular weight is 337 g/mol. The maximum atomic E-state index is 12.3. The molecule has 0 radical (unpaired) electrons. The van der Waals surface area contributed by atoms with E-state index in [1.165, 1.54) is 0 Å². The molecule has 1 fully saturated rings. The smallest absolute Gasteiger partial charge is 0.225 e. The van der Waals surface area contributed by atoms with E-state index in [0.717, 1.165) is 17.0 Å². The Labute approximate surface area is 148 Å². The van der Waals surface area contributed by atoms with Gasteiger partial charge in [0.15, 0.2) is 0 Å². The topological polar surface area (TPSA) is 62.3 Å². The fourth-order valence-corrected chi connectivity index (χ4v) is 3.10. The van der Waals surface area contributed by atoms with Crippen molar-refractivity contribution in [2.45, 2.75) is 26.3 Å². The molecule has 1 aliphatic rings. The molecular formula is C20H23N3O2. The third-order valence-corrected chi connectivity index (χ3v) is 4.43. The van der Waals surface area contributed by atoms with Gasteiger partial charge in [-0.25, -0.2) is 0 Å². The standard InChI is InChI=1S/C20H23N3O2/c1-15-6-5-9-18(22-15)10-11-21-20(25)17-12-19(24)23(14-17)13-16-7-3-2-4-8-16/h2-9,17H,10-14H2,1H3,(H,21,25)/t17-/m1/s1. The van der Waals surface area contributed by atoms with Crippen LogP contribution in [0.4, 0.5) is 0 Å².